The van der Waals surface area contributed by atoms with E-state index in [0.717, 1.165) is 59.6 Å². The Hall–Kier alpha value is -3.45. The number of anilines is 1. The second-order valence-corrected chi connectivity index (χ2v) is 9.19. The molecule has 0 radical (unpaired) electrons. The maximum atomic E-state index is 12.0. The van der Waals surface area contributed by atoms with E-state index in [1.807, 2.05) is 12.1 Å². The first kappa shape index (κ1) is 24.7. The first-order chi connectivity index (χ1) is 17.0. The van der Waals surface area contributed by atoms with E-state index in [1.165, 1.54) is 31.1 Å². The Morgan fingerprint density at radius 2 is 1.86 bits per heavy atom. The summed E-state index contributed by atoms with van der Waals surface area (Å²) in [5.41, 5.74) is 4.51. The molecule has 0 aliphatic heterocycles. The molecule has 0 bridgehead atoms. The van der Waals surface area contributed by atoms with Crippen molar-refractivity contribution in [2.75, 3.05) is 39.1 Å². The van der Waals surface area contributed by atoms with E-state index >= 15 is 0 Å². The highest BCUT2D eigenvalue weighted by Crippen LogP contribution is 2.31. The SMILES string of the molecule is CCCCN(C)CCCNc1nc(Cc2ccc(C)cc2)nc2[nH]c3cc(C(=O)OC)ccc3c12. The molecule has 0 spiro atoms. The molecule has 0 saturated carbocycles. The Bertz CT molecular complexity index is 1300. The van der Waals surface area contributed by atoms with Crippen LogP contribution in [0.3, 0.4) is 0 Å². The summed E-state index contributed by atoms with van der Waals surface area (Å²) >= 11 is 0. The van der Waals surface area contributed by atoms with E-state index in [2.05, 4.69) is 60.4 Å². The number of carbonyl (C=O) groups excluding carboxylic acids is 1. The molecule has 0 aliphatic carbocycles. The molecular formula is C28H35N5O2. The average Bonchev–Trinajstić information content (AvgIpc) is 3.23. The Morgan fingerprint density at radius 1 is 1.09 bits per heavy atom. The zero-order valence-electron chi connectivity index (χ0n) is 21.1. The van der Waals surface area contributed by atoms with Crippen LogP contribution in [0, 0.1) is 6.92 Å². The number of aromatic nitrogens is 3. The van der Waals surface area contributed by atoms with Crippen molar-refractivity contribution in [3.05, 3.63) is 65.0 Å². The molecule has 7 heteroatoms. The van der Waals surface area contributed by atoms with Crippen LogP contribution in [-0.2, 0) is 11.2 Å². The van der Waals surface area contributed by atoms with Crippen LogP contribution in [0.15, 0.2) is 42.5 Å². The molecular weight excluding hydrogens is 438 g/mol. The number of benzene rings is 2. The first-order valence-electron chi connectivity index (χ1n) is 12.4. The summed E-state index contributed by atoms with van der Waals surface area (Å²) < 4.78 is 4.89. The number of rotatable bonds is 11. The molecule has 35 heavy (non-hydrogen) atoms. The minimum absolute atomic E-state index is 0.359. The van der Waals surface area contributed by atoms with Gasteiger partial charge < -0.3 is 19.9 Å². The van der Waals surface area contributed by atoms with Gasteiger partial charge in [-0.1, -0.05) is 49.2 Å². The average molecular weight is 474 g/mol. The highest BCUT2D eigenvalue weighted by molar-refractivity contribution is 6.12. The van der Waals surface area contributed by atoms with Gasteiger partial charge in [0.2, 0.25) is 0 Å². The molecule has 0 atom stereocenters. The molecule has 4 aromatic rings. The lowest BCUT2D eigenvalue weighted by atomic mass is 10.1. The van der Waals surface area contributed by atoms with Crippen LogP contribution >= 0.6 is 0 Å². The number of carbonyl (C=O) groups is 1. The molecule has 2 aromatic carbocycles. The number of hydrogen-bond donors (Lipinski definition) is 2. The van der Waals surface area contributed by atoms with Gasteiger partial charge in [-0.25, -0.2) is 14.8 Å². The molecule has 7 nitrogen and oxygen atoms in total. The van der Waals surface area contributed by atoms with Crippen molar-refractivity contribution < 1.29 is 9.53 Å². The van der Waals surface area contributed by atoms with E-state index in [0.29, 0.717) is 12.0 Å². The number of methoxy groups -OCH3 is 1. The van der Waals surface area contributed by atoms with Crippen molar-refractivity contribution in [2.24, 2.45) is 0 Å². The van der Waals surface area contributed by atoms with Crippen LogP contribution in [0.4, 0.5) is 5.82 Å². The second kappa shape index (κ2) is 11.3. The fourth-order valence-electron chi connectivity index (χ4n) is 4.28. The zero-order chi connectivity index (χ0) is 24.8. The van der Waals surface area contributed by atoms with E-state index in [-0.39, 0.29) is 5.97 Å². The highest BCUT2D eigenvalue weighted by atomic mass is 16.5. The van der Waals surface area contributed by atoms with E-state index < -0.39 is 0 Å². The summed E-state index contributed by atoms with van der Waals surface area (Å²) in [6, 6.07) is 14.0. The van der Waals surface area contributed by atoms with Crippen LogP contribution in [-0.4, -0.2) is 59.6 Å². The third-order valence-electron chi connectivity index (χ3n) is 6.30. The highest BCUT2D eigenvalue weighted by Gasteiger charge is 2.16. The Kier molecular flexibility index (Phi) is 7.98. The number of nitrogens with zero attached hydrogens (tertiary/aromatic N) is 3. The lowest BCUT2D eigenvalue weighted by Crippen LogP contribution is -2.22. The van der Waals surface area contributed by atoms with Crippen LogP contribution in [0.5, 0.6) is 0 Å². The van der Waals surface area contributed by atoms with Crippen LogP contribution in [0.1, 0.15) is 53.5 Å². The third kappa shape index (κ3) is 5.98. The van der Waals surface area contributed by atoms with Gasteiger partial charge in [0.15, 0.2) is 0 Å². The summed E-state index contributed by atoms with van der Waals surface area (Å²) in [6.45, 7) is 7.29. The molecule has 4 rings (SSSR count). The minimum Gasteiger partial charge on any atom is -0.465 e. The molecule has 0 amide bonds. The van der Waals surface area contributed by atoms with Gasteiger partial charge >= 0.3 is 5.97 Å². The second-order valence-electron chi connectivity index (χ2n) is 9.19. The number of esters is 1. The van der Waals surface area contributed by atoms with Crippen molar-refractivity contribution in [3.8, 4) is 0 Å². The van der Waals surface area contributed by atoms with E-state index in [9.17, 15) is 4.79 Å². The summed E-state index contributed by atoms with van der Waals surface area (Å²) in [4.78, 5) is 27.6. The largest absolute Gasteiger partial charge is 0.465 e. The fraction of sp³-hybridized carbons (Fsp3) is 0.393. The Labute approximate surface area is 206 Å². The standard InChI is InChI=1S/C28H35N5O2/c1-5-6-15-33(3)16-7-14-29-26-25-22-13-12-21(28(34)35-4)18-23(22)30-27(25)32-24(31-26)17-20-10-8-19(2)9-11-20/h8-13,18H,5-7,14-17H2,1-4H3,(H2,29,30,31,32). The molecule has 2 aromatic heterocycles. The number of ether oxygens (including phenoxy) is 1. The first-order valence-corrected chi connectivity index (χ1v) is 12.4. The van der Waals surface area contributed by atoms with E-state index in [4.69, 9.17) is 14.7 Å². The van der Waals surface area contributed by atoms with Gasteiger partial charge in [0.25, 0.3) is 0 Å². The maximum Gasteiger partial charge on any atom is 0.337 e. The van der Waals surface area contributed by atoms with Gasteiger partial charge in [0.05, 0.1) is 18.1 Å². The zero-order valence-corrected chi connectivity index (χ0v) is 21.1. The van der Waals surface area contributed by atoms with Gasteiger partial charge in [0.1, 0.15) is 17.3 Å². The topological polar surface area (TPSA) is 83.1 Å². The summed E-state index contributed by atoms with van der Waals surface area (Å²) in [7, 11) is 3.57. The molecule has 0 saturated heterocycles. The van der Waals surface area contributed by atoms with Gasteiger partial charge in [-0.3, -0.25) is 0 Å². The van der Waals surface area contributed by atoms with Crippen LogP contribution in [0.2, 0.25) is 0 Å². The Balaban J connectivity index is 1.64. The van der Waals surface area contributed by atoms with Crippen LogP contribution in [0.25, 0.3) is 21.9 Å². The number of unbranched alkanes of at least 4 members (excludes halogenated alkanes) is 1. The normalized spacial score (nSPS) is 11.5. The van der Waals surface area contributed by atoms with Gasteiger partial charge in [0, 0.05) is 23.9 Å². The summed E-state index contributed by atoms with van der Waals surface area (Å²) in [5.74, 6) is 1.22. The van der Waals surface area contributed by atoms with E-state index in [1.54, 1.807) is 6.07 Å². The smallest absolute Gasteiger partial charge is 0.337 e. The molecule has 0 fully saturated rings. The van der Waals surface area contributed by atoms with Crippen molar-refractivity contribution >= 4 is 33.7 Å². The lowest BCUT2D eigenvalue weighted by molar-refractivity contribution is 0.0601. The number of aromatic amines is 1. The summed E-state index contributed by atoms with van der Waals surface area (Å²) in [5, 5.41) is 5.50. The molecule has 0 unspecified atom stereocenters. The van der Waals surface area contributed by atoms with Crippen molar-refractivity contribution in [1.29, 1.82) is 0 Å². The third-order valence-corrected chi connectivity index (χ3v) is 6.30. The monoisotopic (exact) mass is 473 g/mol. The predicted octanol–water partition coefficient (Wildman–Crippen LogP) is 5.33. The minimum atomic E-state index is -0.359. The molecule has 184 valence electrons. The number of hydrogen-bond acceptors (Lipinski definition) is 6. The fourth-order valence-corrected chi connectivity index (χ4v) is 4.28. The number of aryl methyl sites for hydroxylation is 1. The summed E-state index contributed by atoms with van der Waals surface area (Å²) in [6.07, 6.45) is 4.10. The van der Waals surface area contributed by atoms with Gasteiger partial charge in [-0.05, 0) is 57.6 Å². The number of fused-ring (bicyclic) bond motifs is 3. The predicted molar refractivity (Wildman–Crippen MR) is 142 cm³/mol. The quantitative estimate of drug-likeness (QED) is 0.226. The molecule has 2 heterocycles. The number of H-pyrrole nitrogens is 1. The Morgan fingerprint density at radius 3 is 2.60 bits per heavy atom. The molecule has 0 aliphatic rings. The lowest BCUT2D eigenvalue weighted by Gasteiger charge is -2.16. The van der Waals surface area contributed by atoms with Gasteiger partial charge in [-0.2, -0.15) is 0 Å². The molecule has 2 N–H and O–H groups in total. The maximum absolute atomic E-state index is 12.0. The number of nitrogens with one attached hydrogen (secondary N) is 2. The van der Waals surface area contributed by atoms with Crippen molar-refractivity contribution in [1.82, 2.24) is 19.9 Å². The van der Waals surface area contributed by atoms with Gasteiger partial charge in [-0.15, -0.1) is 0 Å². The van der Waals surface area contributed by atoms with Crippen LogP contribution < -0.4 is 5.32 Å². The van der Waals surface area contributed by atoms with Crippen molar-refractivity contribution in [3.63, 3.8) is 0 Å². The van der Waals surface area contributed by atoms with Crippen molar-refractivity contribution in [2.45, 2.75) is 39.5 Å².